The van der Waals surface area contributed by atoms with E-state index in [-0.39, 0.29) is 11.5 Å². The van der Waals surface area contributed by atoms with Crippen LogP contribution in [0, 0.1) is 6.92 Å². The van der Waals surface area contributed by atoms with E-state index in [4.69, 9.17) is 5.73 Å². The van der Waals surface area contributed by atoms with Crippen molar-refractivity contribution in [1.29, 1.82) is 0 Å². The minimum absolute atomic E-state index is 0.126. The average molecular weight is 181 g/mol. The van der Waals surface area contributed by atoms with Crippen molar-refractivity contribution in [2.24, 2.45) is 0 Å². The van der Waals surface area contributed by atoms with Crippen molar-refractivity contribution < 1.29 is 0 Å². The number of aromatic amines is 1. The molecule has 0 aliphatic carbocycles. The summed E-state index contributed by atoms with van der Waals surface area (Å²) in [6.45, 7) is 3.88. The van der Waals surface area contributed by atoms with Gasteiger partial charge in [0.25, 0.3) is 5.56 Å². The Morgan fingerprint density at radius 1 is 1.54 bits per heavy atom. The molecule has 3 N–H and O–H groups in total. The van der Waals surface area contributed by atoms with Crippen LogP contribution in [0.25, 0.3) is 0 Å². The number of rotatable bonds is 3. The highest BCUT2D eigenvalue weighted by molar-refractivity contribution is 5.24. The first-order valence-electron chi connectivity index (χ1n) is 4.50. The maximum absolute atomic E-state index is 11.2. The van der Waals surface area contributed by atoms with Gasteiger partial charge < -0.3 is 5.73 Å². The van der Waals surface area contributed by atoms with Gasteiger partial charge in [-0.1, -0.05) is 13.3 Å². The largest absolute Gasteiger partial charge is 0.369 e. The highest BCUT2D eigenvalue weighted by Crippen LogP contribution is 2.04. The van der Waals surface area contributed by atoms with Crippen LogP contribution >= 0.6 is 0 Å². The molecule has 1 rings (SSSR count). The monoisotopic (exact) mass is 181 g/mol. The first kappa shape index (κ1) is 9.77. The Morgan fingerprint density at radius 3 is 2.85 bits per heavy atom. The normalized spacial score (nSPS) is 10.3. The molecule has 0 bridgehead atoms. The highest BCUT2D eigenvalue weighted by atomic mass is 16.1. The number of H-pyrrole nitrogens is 1. The first-order chi connectivity index (χ1) is 6.15. The van der Waals surface area contributed by atoms with E-state index in [2.05, 4.69) is 16.9 Å². The Kier molecular flexibility index (Phi) is 3.06. The fraction of sp³-hybridized carbons (Fsp3) is 0.556. The van der Waals surface area contributed by atoms with Crippen LogP contribution in [0.3, 0.4) is 0 Å². The van der Waals surface area contributed by atoms with E-state index in [0.717, 1.165) is 25.0 Å². The number of anilines is 1. The van der Waals surface area contributed by atoms with E-state index in [9.17, 15) is 4.79 Å². The van der Waals surface area contributed by atoms with Crippen LogP contribution in [0.4, 0.5) is 5.95 Å². The lowest BCUT2D eigenvalue weighted by Crippen LogP contribution is -2.17. The van der Waals surface area contributed by atoms with E-state index in [1.807, 2.05) is 0 Å². The lowest BCUT2D eigenvalue weighted by molar-refractivity contribution is 0.766. The lowest BCUT2D eigenvalue weighted by Gasteiger charge is -2.03. The Balaban J connectivity index is 2.99. The van der Waals surface area contributed by atoms with Gasteiger partial charge in [-0.15, -0.1) is 0 Å². The summed E-state index contributed by atoms with van der Waals surface area (Å²) >= 11 is 0. The van der Waals surface area contributed by atoms with Crippen LogP contribution in [-0.4, -0.2) is 9.97 Å². The van der Waals surface area contributed by atoms with Gasteiger partial charge in [-0.05, 0) is 19.8 Å². The molecule has 0 atom stereocenters. The predicted octanol–water partition coefficient (Wildman–Crippen LogP) is 1.00. The van der Waals surface area contributed by atoms with Crippen molar-refractivity contribution in [3.63, 3.8) is 0 Å². The van der Waals surface area contributed by atoms with Crippen LogP contribution in [0.5, 0.6) is 0 Å². The topological polar surface area (TPSA) is 71.8 Å². The van der Waals surface area contributed by atoms with Gasteiger partial charge in [-0.2, -0.15) is 0 Å². The molecular formula is C9H15N3O. The van der Waals surface area contributed by atoms with Crippen molar-refractivity contribution in [1.82, 2.24) is 9.97 Å². The molecule has 4 nitrogen and oxygen atoms in total. The lowest BCUT2D eigenvalue weighted by atomic mass is 10.1. The molecule has 0 aliphatic rings. The van der Waals surface area contributed by atoms with Gasteiger partial charge in [0.15, 0.2) is 0 Å². The third-order valence-corrected chi connectivity index (χ3v) is 2.04. The number of nitrogens with zero attached hydrogens (tertiary/aromatic N) is 1. The molecule has 0 aliphatic heterocycles. The van der Waals surface area contributed by atoms with Crippen molar-refractivity contribution in [2.75, 3.05) is 5.73 Å². The molecule has 1 aromatic heterocycles. The van der Waals surface area contributed by atoms with Gasteiger partial charge in [-0.3, -0.25) is 9.78 Å². The molecular weight excluding hydrogens is 166 g/mol. The third kappa shape index (κ3) is 2.31. The van der Waals surface area contributed by atoms with Crippen molar-refractivity contribution in [3.8, 4) is 0 Å². The third-order valence-electron chi connectivity index (χ3n) is 2.04. The van der Waals surface area contributed by atoms with Crippen molar-refractivity contribution in [3.05, 3.63) is 21.6 Å². The number of nitrogens with two attached hydrogens (primary N) is 1. The number of unbranched alkanes of at least 4 members (excludes halogenated alkanes) is 1. The average Bonchev–Trinajstić information content (AvgIpc) is 2.09. The van der Waals surface area contributed by atoms with Gasteiger partial charge in [0.1, 0.15) is 0 Å². The maximum atomic E-state index is 11.2. The van der Waals surface area contributed by atoms with Gasteiger partial charge >= 0.3 is 0 Å². The zero-order valence-corrected chi connectivity index (χ0v) is 8.05. The second kappa shape index (κ2) is 4.07. The summed E-state index contributed by atoms with van der Waals surface area (Å²) in [7, 11) is 0. The molecule has 72 valence electrons. The summed E-state index contributed by atoms with van der Waals surface area (Å²) in [6, 6.07) is 0. The minimum atomic E-state index is -0.126. The molecule has 4 heteroatoms. The standard InChI is InChI=1S/C9H15N3O/c1-3-4-5-7-6(2)8(13)12-9(10)11-7/h3-5H2,1-2H3,(H3,10,11,12,13). The number of hydrogen-bond donors (Lipinski definition) is 2. The van der Waals surface area contributed by atoms with Crippen molar-refractivity contribution >= 4 is 5.95 Å². The number of aromatic nitrogens is 2. The number of nitrogens with one attached hydrogen (secondary N) is 1. The van der Waals surface area contributed by atoms with E-state index in [0.29, 0.717) is 5.56 Å². The molecule has 0 saturated carbocycles. The van der Waals surface area contributed by atoms with Crippen molar-refractivity contribution in [2.45, 2.75) is 33.1 Å². The van der Waals surface area contributed by atoms with Crippen LogP contribution in [-0.2, 0) is 6.42 Å². The second-order valence-electron chi connectivity index (χ2n) is 3.13. The van der Waals surface area contributed by atoms with Gasteiger partial charge in [0.2, 0.25) is 5.95 Å². The molecule has 0 amide bonds. The van der Waals surface area contributed by atoms with E-state index < -0.39 is 0 Å². The molecule has 1 heterocycles. The van der Waals surface area contributed by atoms with E-state index >= 15 is 0 Å². The molecule has 1 aromatic rings. The maximum Gasteiger partial charge on any atom is 0.255 e. The Bertz CT molecular complexity index is 343. The molecule has 0 fully saturated rings. The SMILES string of the molecule is CCCCc1nc(N)[nH]c(=O)c1C. The van der Waals surface area contributed by atoms with E-state index in [1.165, 1.54) is 0 Å². The number of hydrogen-bond acceptors (Lipinski definition) is 3. The molecule has 13 heavy (non-hydrogen) atoms. The molecule has 0 spiro atoms. The van der Waals surface area contributed by atoms with Gasteiger partial charge in [0.05, 0.1) is 5.69 Å². The summed E-state index contributed by atoms with van der Waals surface area (Å²) in [6.07, 6.45) is 2.96. The molecule has 0 radical (unpaired) electrons. The molecule has 0 saturated heterocycles. The predicted molar refractivity (Wildman–Crippen MR) is 52.6 cm³/mol. The Morgan fingerprint density at radius 2 is 2.23 bits per heavy atom. The molecule has 0 aromatic carbocycles. The van der Waals surface area contributed by atoms with E-state index in [1.54, 1.807) is 6.92 Å². The van der Waals surface area contributed by atoms with Gasteiger partial charge in [-0.25, -0.2) is 4.98 Å². The first-order valence-corrected chi connectivity index (χ1v) is 4.50. The van der Waals surface area contributed by atoms with Gasteiger partial charge in [0, 0.05) is 5.56 Å². The number of aryl methyl sites for hydroxylation is 1. The fourth-order valence-corrected chi connectivity index (χ4v) is 1.19. The summed E-state index contributed by atoms with van der Waals surface area (Å²) in [5.41, 5.74) is 6.81. The number of nitrogen functional groups attached to an aromatic ring is 1. The summed E-state index contributed by atoms with van der Waals surface area (Å²) in [4.78, 5) is 17.8. The Labute approximate surface area is 77.2 Å². The second-order valence-corrected chi connectivity index (χ2v) is 3.13. The van der Waals surface area contributed by atoms with Crippen LogP contribution < -0.4 is 11.3 Å². The quantitative estimate of drug-likeness (QED) is 0.730. The van der Waals surface area contributed by atoms with Crippen LogP contribution in [0.15, 0.2) is 4.79 Å². The summed E-state index contributed by atoms with van der Waals surface area (Å²) < 4.78 is 0. The zero-order valence-electron chi connectivity index (χ0n) is 8.05. The highest BCUT2D eigenvalue weighted by Gasteiger charge is 2.04. The smallest absolute Gasteiger partial charge is 0.255 e. The summed E-state index contributed by atoms with van der Waals surface area (Å²) in [5, 5.41) is 0. The zero-order chi connectivity index (χ0) is 9.84. The fourth-order valence-electron chi connectivity index (χ4n) is 1.19. The van der Waals surface area contributed by atoms with Crippen LogP contribution in [0.2, 0.25) is 0 Å². The minimum Gasteiger partial charge on any atom is -0.369 e. The summed E-state index contributed by atoms with van der Waals surface area (Å²) in [5.74, 6) is 0.210. The van der Waals surface area contributed by atoms with Crippen LogP contribution in [0.1, 0.15) is 31.0 Å². The Hall–Kier alpha value is -1.32. The molecule has 0 unspecified atom stereocenters.